The molecule has 1 aromatic rings. The van der Waals surface area contributed by atoms with Crippen LogP contribution in [-0.4, -0.2) is 36.2 Å². The van der Waals surface area contributed by atoms with Crippen LogP contribution in [0.4, 0.5) is 0 Å². The van der Waals surface area contributed by atoms with Crippen molar-refractivity contribution in [2.75, 3.05) is 7.11 Å². The summed E-state index contributed by atoms with van der Waals surface area (Å²) in [6, 6.07) is 6.03. The minimum absolute atomic E-state index is 0.247. The van der Waals surface area contributed by atoms with E-state index in [0.29, 0.717) is 36.8 Å². The predicted octanol–water partition coefficient (Wildman–Crippen LogP) is 2.27. The van der Waals surface area contributed by atoms with Gasteiger partial charge >= 0.3 is 17.9 Å². The highest BCUT2D eigenvalue weighted by molar-refractivity contribution is 5.93. The number of hydrogen-bond acceptors (Lipinski definition) is 5. The highest BCUT2D eigenvalue weighted by Crippen LogP contribution is 2.27. The topological polar surface area (TPSA) is 89.9 Å². The highest BCUT2D eigenvalue weighted by atomic mass is 16.5. The van der Waals surface area contributed by atoms with Crippen molar-refractivity contribution < 1.29 is 29.0 Å². The first kappa shape index (κ1) is 16.0. The predicted molar refractivity (Wildman–Crippen MR) is 76.6 cm³/mol. The molecule has 1 aliphatic rings. The first-order valence-electron chi connectivity index (χ1n) is 7.13. The third kappa shape index (κ3) is 3.84. The molecule has 6 nitrogen and oxygen atoms in total. The van der Waals surface area contributed by atoms with Gasteiger partial charge in [-0.25, -0.2) is 9.59 Å². The number of carboxylic acids is 1. The number of methoxy groups -OCH3 is 1. The number of rotatable bonds is 4. The maximum absolute atomic E-state index is 12.0. The lowest BCUT2D eigenvalue weighted by molar-refractivity contribution is -0.143. The second-order valence-corrected chi connectivity index (χ2v) is 5.29. The summed E-state index contributed by atoms with van der Waals surface area (Å²) in [7, 11) is 1.29. The molecular weight excluding hydrogens is 288 g/mol. The monoisotopic (exact) mass is 306 g/mol. The molecule has 1 saturated carbocycles. The summed E-state index contributed by atoms with van der Waals surface area (Å²) in [5.74, 6) is -2.06. The number of aliphatic carboxylic acids is 1. The molecule has 2 rings (SSSR count). The molecule has 0 saturated heterocycles. The fraction of sp³-hybridized carbons (Fsp3) is 0.438. The van der Waals surface area contributed by atoms with Gasteiger partial charge in [-0.05, 0) is 49.9 Å². The van der Waals surface area contributed by atoms with Crippen LogP contribution in [0, 0.1) is 5.92 Å². The van der Waals surface area contributed by atoms with Crippen LogP contribution >= 0.6 is 0 Å². The molecule has 0 aliphatic heterocycles. The SMILES string of the molecule is COC(=O)c1ccc(C(=O)OC2CCC(C(=O)O)CC2)cc1. The second kappa shape index (κ2) is 7.06. The fourth-order valence-corrected chi connectivity index (χ4v) is 2.51. The van der Waals surface area contributed by atoms with Crippen molar-refractivity contribution in [3.63, 3.8) is 0 Å². The fourth-order valence-electron chi connectivity index (χ4n) is 2.51. The Morgan fingerprint density at radius 2 is 1.45 bits per heavy atom. The largest absolute Gasteiger partial charge is 0.481 e. The van der Waals surface area contributed by atoms with Crippen molar-refractivity contribution in [2.24, 2.45) is 5.92 Å². The van der Waals surface area contributed by atoms with Gasteiger partial charge in [0.1, 0.15) is 6.10 Å². The Morgan fingerprint density at radius 1 is 0.955 bits per heavy atom. The second-order valence-electron chi connectivity index (χ2n) is 5.29. The van der Waals surface area contributed by atoms with Crippen molar-refractivity contribution in [3.05, 3.63) is 35.4 Å². The Labute approximate surface area is 128 Å². The maximum Gasteiger partial charge on any atom is 0.338 e. The number of carboxylic acid groups (broad SMARTS) is 1. The van der Waals surface area contributed by atoms with Crippen molar-refractivity contribution in [1.29, 1.82) is 0 Å². The summed E-state index contributed by atoms with van der Waals surface area (Å²) in [4.78, 5) is 34.2. The van der Waals surface area contributed by atoms with Crippen molar-refractivity contribution in [3.8, 4) is 0 Å². The summed E-state index contributed by atoms with van der Waals surface area (Å²) < 4.78 is 9.97. The van der Waals surface area contributed by atoms with Gasteiger partial charge in [-0.2, -0.15) is 0 Å². The van der Waals surface area contributed by atoms with E-state index in [1.54, 1.807) is 0 Å². The zero-order chi connectivity index (χ0) is 16.1. The normalized spacial score (nSPS) is 21.0. The van der Waals surface area contributed by atoms with E-state index in [1.807, 2.05) is 0 Å². The third-order valence-corrected chi connectivity index (χ3v) is 3.84. The maximum atomic E-state index is 12.0. The van der Waals surface area contributed by atoms with Crippen LogP contribution in [-0.2, 0) is 14.3 Å². The lowest BCUT2D eigenvalue weighted by Crippen LogP contribution is -2.27. The van der Waals surface area contributed by atoms with Crippen LogP contribution in [0.5, 0.6) is 0 Å². The molecule has 0 bridgehead atoms. The summed E-state index contributed by atoms with van der Waals surface area (Å²) in [6.07, 6.45) is 1.91. The lowest BCUT2D eigenvalue weighted by Gasteiger charge is -2.25. The number of hydrogen-bond donors (Lipinski definition) is 1. The molecule has 118 valence electrons. The number of esters is 2. The highest BCUT2D eigenvalue weighted by Gasteiger charge is 2.28. The van der Waals surface area contributed by atoms with E-state index in [4.69, 9.17) is 9.84 Å². The molecule has 0 heterocycles. The van der Waals surface area contributed by atoms with Crippen molar-refractivity contribution in [2.45, 2.75) is 31.8 Å². The zero-order valence-corrected chi connectivity index (χ0v) is 12.3. The van der Waals surface area contributed by atoms with Gasteiger partial charge in [-0.15, -0.1) is 0 Å². The van der Waals surface area contributed by atoms with E-state index < -0.39 is 17.9 Å². The first-order valence-corrected chi connectivity index (χ1v) is 7.13. The average molecular weight is 306 g/mol. The molecule has 1 aliphatic carbocycles. The molecule has 22 heavy (non-hydrogen) atoms. The Hall–Kier alpha value is -2.37. The van der Waals surface area contributed by atoms with Gasteiger partial charge in [-0.1, -0.05) is 0 Å². The number of ether oxygens (including phenoxy) is 2. The number of carbonyl (C=O) groups is 3. The molecule has 0 radical (unpaired) electrons. The van der Waals surface area contributed by atoms with E-state index >= 15 is 0 Å². The number of benzene rings is 1. The molecular formula is C16H18O6. The van der Waals surface area contributed by atoms with Gasteiger partial charge in [0.05, 0.1) is 24.2 Å². The molecule has 6 heteroatoms. The standard InChI is InChI=1S/C16H18O6/c1-21-15(19)11-2-4-12(5-3-11)16(20)22-13-8-6-10(7-9-13)14(17)18/h2-5,10,13H,6-9H2,1H3,(H,17,18). The molecule has 0 amide bonds. The van der Waals surface area contributed by atoms with Gasteiger partial charge in [0.25, 0.3) is 0 Å². The van der Waals surface area contributed by atoms with E-state index in [-0.39, 0.29) is 12.0 Å². The third-order valence-electron chi connectivity index (χ3n) is 3.84. The average Bonchev–Trinajstić information content (AvgIpc) is 2.54. The lowest BCUT2D eigenvalue weighted by atomic mass is 9.87. The van der Waals surface area contributed by atoms with Gasteiger partial charge in [-0.3, -0.25) is 4.79 Å². The molecule has 0 atom stereocenters. The molecule has 0 aromatic heterocycles. The van der Waals surface area contributed by atoms with Crippen LogP contribution in [0.15, 0.2) is 24.3 Å². The molecule has 1 N–H and O–H groups in total. The summed E-state index contributed by atoms with van der Waals surface area (Å²) in [6.45, 7) is 0. The van der Waals surface area contributed by atoms with E-state index in [9.17, 15) is 14.4 Å². The van der Waals surface area contributed by atoms with Crippen molar-refractivity contribution >= 4 is 17.9 Å². The molecule has 0 unspecified atom stereocenters. The quantitative estimate of drug-likeness (QED) is 0.858. The molecule has 1 aromatic carbocycles. The summed E-state index contributed by atoms with van der Waals surface area (Å²) in [5, 5.41) is 8.93. The first-order chi connectivity index (χ1) is 10.5. The summed E-state index contributed by atoms with van der Waals surface area (Å²) >= 11 is 0. The minimum atomic E-state index is -0.789. The van der Waals surface area contributed by atoms with Gasteiger partial charge in [0.15, 0.2) is 0 Å². The summed E-state index contributed by atoms with van der Waals surface area (Å²) in [5.41, 5.74) is 0.717. The van der Waals surface area contributed by atoms with Crippen molar-refractivity contribution in [1.82, 2.24) is 0 Å². The zero-order valence-electron chi connectivity index (χ0n) is 12.3. The van der Waals surface area contributed by atoms with Gasteiger partial charge in [0, 0.05) is 0 Å². The minimum Gasteiger partial charge on any atom is -0.481 e. The van der Waals surface area contributed by atoms with Crippen LogP contribution in [0.2, 0.25) is 0 Å². The Morgan fingerprint density at radius 3 is 1.91 bits per heavy atom. The van der Waals surface area contributed by atoms with Gasteiger partial charge in [0.2, 0.25) is 0 Å². The Balaban J connectivity index is 1.90. The molecule has 0 spiro atoms. The van der Waals surface area contributed by atoms with Crippen LogP contribution < -0.4 is 0 Å². The smallest absolute Gasteiger partial charge is 0.338 e. The van der Waals surface area contributed by atoms with E-state index in [1.165, 1.54) is 31.4 Å². The van der Waals surface area contributed by atoms with Crippen LogP contribution in [0.3, 0.4) is 0 Å². The van der Waals surface area contributed by atoms with E-state index in [2.05, 4.69) is 4.74 Å². The van der Waals surface area contributed by atoms with Crippen LogP contribution in [0.25, 0.3) is 0 Å². The molecule has 1 fully saturated rings. The Kier molecular flexibility index (Phi) is 5.14. The Bertz CT molecular complexity index is 555. The van der Waals surface area contributed by atoms with Gasteiger partial charge < -0.3 is 14.6 Å². The van der Waals surface area contributed by atoms with Crippen LogP contribution in [0.1, 0.15) is 46.4 Å². The van der Waals surface area contributed by atoms with E-state index in [0.717, 1.165) is 0 Å². The number of carbonyl (C=O) groups excluding carboxylic acids is 2.